The molecule has 1 N–H and O–H groups in total. The van der Waals surface area contributed by atoms with Crippen molar-refractivity contribution >= 4 is 5.97 Å². The van der Waals surface area contributed by atoms with Gasteiger partial charge in [-0.2, -0.15) is 0 Å². The van der Waals surface area contributed by atoms with Crippen molar-refractivity contribution in [3.63, 3.8) is 0 Å². The molecular weight excluding hydrogens is 168 g/mol. The van der Waals surface area contributed by atoms with Crippen LogP contribution in [0.2, 0.25) is 0 Å². The molecule has 0 radical (unpaired) electrons. The van der Waals surface area contributed by atoms with E-state index in [1.54, 1.807) is 12.3 Å². The van der Waals surface area contributed by atoms with Gasteiger partial charge in [-0.1, -0.05) is 0 Å². The first-order valence-electron chi connectivity index (χ1n) is 4.06. The predicted molar refractivity (Wildman–Crippen MR) is 46.4 cm³/mol. The van der Waals surface area contributed by atoms with E-state index >= 15 is 0 Å². The fourth-order valence-corrected chi connectivity index (χ4v) is 1.57. The molecular formula is C9H10N2O2. The minimum Gasteiger partial charge on any atom is -0.477 e. The molecule has 4 nitrogen and oxygen atoms in total. The average Bonchev–Trinajstić information content (AvgIpc) is 2.42. The maximum Gasteiger partial charge on any atom is 0.354 e. The van der Waals surface area contributed by atoms with Crippen LogP contribution in [0.15, 0.2) is 12.3 Å². The molecule has 0 saturated carbocycles. The number of carbonyl (C=O) groups is 1. The highest BCUT2D eigenvalue weighted by atomic mass is 16.4. The summed E-state index contributed by atoms with van der Waals surface area (Å²) in [6.07, 6.45) is 1.66. The van der Waals surface area contributed by atoms with Crippen LogP contribution in [0.4, 0.5) is 0 Å². The summed E-state index contributed by atoms with van der Waals surface area (Å²) in [5.41, 5.74) is 2.34. The molecule has 0 aromatic carbocycles. The molecule has 0 bridgehead atoms. The summed E-state index contributed by atoms with van der Waals surface area (Å²) in [6, 6.07) is 1.65. The van der Waals surface area contributed by atoms with Gasteiger partial charge in [0.1, 0.15) is 5.69 Å². The Bertz CT molecular complexity index is 363. The Morgan fingerprint density at radius 3 is 2.92 bits per heavy atom. The molecule has 1 aliphatic rings. The van der Waals surface area contributed by atoms with Gasteiger partial charge < -0.3 is 5.11 Å². The number of hydrogen-bond donors (Lipinski definition) is 1. The molecule has 0 saturated heterocycles. The van der Waals surface area contributed by atoms with Gasteiger partial charge in [0, 0.05) is 19.3 Å². The number of rotatable bonds is 1. The van der Waals surface area contributed by atoms with E-state index in [0.29, 0.717) is 0 Å². The summed E-state index contributed by atoms with van der Waals surface area (Å²) in [6.45, 7) is 1.68. The van der Waals surface area contributed by atoms with Gasteiger partial charge in [-0.05, 0) is 24.2 Å². The zero-order chi connectivity index (χ0) is 9.42. The van der Waals surface area contributed by atoms with E-state index in [1.807, 2.05) is 7.05 Å². The number of aromatic nitrogens is 1. The Kier molecular flexibility index (Phi) is 1.77. The van der Waals surface area contributed by atoms with E-state index in [-0.39, 0.29) is 5.69 Å². The molecule has 1 aliphatic heterocycles. The number of hydrogen-bond acceptors (Lipinski definition) is 3. The quantitative estimate of drug-likeness (QED) is 0.688. The number of carboxylic acid groups (broad SMARTS) is 1. The number of fused-ring (bicyclic) bond motifs is 1. The Morgan fingerprint density at radius 1 is 1.54 bits per heavy atom. The first-order valence-corrected chi connectivity index (χ1v) is 4.06. The highest BCUT2D eigenvalue weighted by molar-refractivity contribution is 5.85. The molecule has 68 valence electrons. The minimum atomic E-state index is -0.961. The van der Waals surface area contributed by atoms with Crippen LogP contribution in [0.3, 0.4) is 0 Å². The predicted octanol–water partition coefficient (Wildman–Crippen LogP) is 0.725. The van der Waals surface area contributed by atoms with Crippen molar-refractivity contribution in [3.05, 3.63) is 29.1 Å². The lowest BCUT2D eigenvalue weighted by Crippen LogP contribution is -2.07. The summed E-state index contributed by atoms with van der Waals surface area (Å²) in [4.78, 5) is 16.6. The Balaban J connectivity index is 2.40. The first-order chi connectivity index (χ1) is 6.16. The van der Waals surface area contributed by atoms with Crippen LogP contribution in [0.25, 0.3) is 0 Å². The van der Waals surface area contributed by atoms with E-state index in [1.165, 1.54) is 0 Å². The minimum absolute atomic E-state index is 0.133. The zero-order valence-corrected chi connectivity index (χ0v) is 7.32. The molecule has 1 aromatic rings. The number of carboxylic acids is 1. The molecule has 13 heavy (non-hydrogen) atoms. The van der Waals surface area contributed by atoms with Gasteiger partial charge in [-0.3, -0.25) is 4.90 Å². The fraction of sp³-hybridized carbons (Fsp3) is 0.333. The van der Waals surface area contributed by atoms with Crippen LogP contribution in [-0.2, 0) is 13.1 Å². The largest absolute Gasteiger partial charge is 0.477 e. The van der Waals surface area contributed by atoms with E-state index in [9.17, 15) is 4.79 Å². The zero-order valence-electron chi connectivity index (χ0n) is 7.32. The molecule has 4 heteroatoms. The van der Waals surface area contributed by atoms with E-state index in [2.05, 4.69) is 9.88 Å². The Labute approximate surface area is 75.8 Å². The highest BCUT2D eigenvalue weighted by Gasteiger charge is 2.17. The number of nitrogens with zero attached hydrogens (tertiary/aromatic N) is 2. The number of pyridine rings is 1. The lowest BCUT2D eigenvalue weighted by molar-refractivity contribution is 0.0690. The monoisotopic (exact) mass is 178 g/mol. The summed E-state index contributed by atoms with van der Waals surface area (Å²) in [5.74, 6) is -0.961. The fourth-order valence-electron chi connectivity index (χ4n) is 1.57. The summed E-state index contributed by atoms with van der Waals surface area (Å²) in [5, 5.41) is 8.71. The van der Waals surface area contributed by atoms with E-state index in [4.69, 9.17) is 5.11 Å². The van der Waals surface area contributed by atoms with Gasteiger partial charge in [0.15, 0.2) is 0 Å². The van der Waals surface area contributed by atoms with Gasteiger partial charge in [0.05, 0.1) is 0 Å². The van der Waals surface area contributed by atoms with Crippen LogP contribution in [0.1, 0.15) is 21.6 Å². The van der Waals surface area contributed by atoms with Crippen molar-refractivity contribution < 1.29 is 9.90 Å². The van der Waals surface area contributed by atoms with Crippen molar-refractivity contribution in [3.8, 4) is 0 Å². The molecule has 0 fully saturated rings. The second kappa shape index (κ2) is 2.81. The van der Waals surface area contributed by atoms with E-state index in [0.717, 1.165) is 24.2 Å². The van der Waals surface area contributed by atoms with Crippen molar-refractivity contribution in [2.45, 2.75) is 13.1 Å². The van der Waals surface area contributed by atoms with Crippen molar-refractivity contribution in [2.75, 3.05) is 7.05 Å². The van der Waals surface area contributed by atoms with Gasteiger partial charge >= 0.3 is 5.97 Å². The highest BCUT2D eigenvalue weighted by Crippen LogP contribution is 2.20. The SMILES string of the molecule is CN1Cc2cnc(C(=O)O)cc2C1. The second-order valence-corrected chi connectivity index (χ2v) is 3.32. The smallest absolute Gasteiger partial charge is 0.354 e. The van der Waals surface area contributed by atoms with Crippen LogP contribution < -0.4 is 0 Å². The van der Waals surface area contributed by atoms with Crippen molar-refractivity contribution in [1.82, 2.24) is 9.88 Å². The standard InChI is InChI=1S/C9H10N2O2/c1-11-4-6-2-8(9(12)13)10-3-7(6)5-11/h2-3H,4-5H2,1H3,(H,12,13). The van der Waals surface area contributed by atoms with Crippen molar-refractivity contribution in [2.24, 2.45) is 0 Å². The Hall–Kier alpha value is -1.42. The van der Waals surface area contributed by atoms with Crippen LogP contribution in [0, 0.1) is 0 Å². The molecule has 0 unspecified atom stereocenters. The maximum atomic E-state index is 10.6. The third-order valence-electron chi connectivity index (χ3n) is 2.18. The lowest BCUT2D eigenvalue weighted by atomic mass is 10.1. The molecule has 2 rings (SSSR count). The second-order valence-electron chi connectivity index (χ2n) is 3.32. The summed E-state index contributed by atoms with van der Waals surface area (Å²) < 4.78 is 0. The molecule has 0 spiro atoms. The summed E-state index contributed by atoms with van der Waals surface area (Å²) in [7, 11) is 2.00. The molecule has 0 aliphatic carbocycles. The molecule has 1 aromatic heterocycles. The van der Waals surface area contributed by atoms with Crippen LogP contribution in [0.5, 0.6) is 0 Å². The molecule has 2 heterocycles. The maximum absolute atomic E-state index is 10.6. The van der Waals surface area contributed by atoms with Crippen molar-refractivity contribution in [1.29, 1.82) is 0 Å². The third-order valence-corrected chi connectivity index (χ3v) is 2.18. The van der Waals surface area contributed by atoms with E-state index < -0.39 is 5.97 Å². The molecule has 0 atom stereocenters. The van der Waals surface area contributed by atoms with Gasteiger partial charge in [-0.15, -0.1) is 0 Å². The molecule has 0 amide bonds. The number of aromatic carboxylic acids is 1. The normalized spacial score (nSPS) is 15.8. The third kappa shape index (κ3) is 1.40. The first kappa shape index (κ1) is 8.19. The van der Waals surface area contributed by atoms with Gasteiger partial charge in [-0.25, -0.2) is 9.78 Å². The summed E-state index contributed by atoms with van der Waals surface area (Å²) >= 11 is 0. The van der Waals surface area contributed by atoms with Gasteiger partial charge in [0.25, 0.3) is 0 Å². The lowest BCUT2D eigenvalue weighted by Gasteiger charge is -2.02. The Morgan fingerprint density at radius 2 is 2.23 bits per heavy atom. The van der Waals surface area contributed by atoms with Crippen LogP contribution in [-0.4, -0.2) is 28.0 Å². The van der Waals surface area contributed by atoms with Gasteiger partial charge in [0.2, 0.25) is 0 Å². The van der Waals surface area contributed by atoms with Crippen LogP contribution >= 0.6 is 0 Å². The average molecular weight is 178 g/mol. The topological polar surface area (TPSA) is 53.4 Å².